The number of rotatable bonds is 7. The van der Waals surface area contributed by atoms with Crippen LogP contribution in [-0.4, -0.2) is 56.8 Å². The molecule has 0 atom stereocenters. The fourth-order valence-corrected chi connectivity index (χ4v) is 5.03. The van der Waals surface area contributed by atoms with Crippen LogP contribution in [0.15, 0.2) is 18.2 Å². The van der Waals surface area contributed by atoms with Gasteiger partial charge in [-0.05, 0) is 42.0 Å². The first-order valence-corrected chi connectivity index (χ1v) is 12.3. The van der Waals surface area contributed by atoms with Gasteiger partial charge in [0.05, 0.1) is 39.1 Å². The Bertz CT molecular complexity index is 1270. The van der Waals surface area contributed by atoms with Crippen molar-refractivity contribution < 1.29 is 28.2 Å². The standard InChI is InChI=1S/C28H34FN3O5.BrH/c1-28(2,3)18-11-16(12-19(25(18)36-5)32-10-8-7-9-22(32)34)20(33)15-31-14-17-13-21(35-4)26(37-6)24(29)23(17)27(31)30;/h11-13,30H,7-10,14-15H2,1-6H3;1H. The van der Waals surface area contributed by atoms with Gasteiger partial charge < -0.3 is 24.0 Å². The molecule has 2 aromatic carbocycles. The molecule has 206 valence electrons. The molecule has 0 bridgehead atoms. The van der Waals surface area contributed by atoms with Gasteiger partial charge in [0.2, 0.25) is 5.91 Å². The summed E-state index contributed by atoms with van der Waals surface area (Å²) in [6.45, 7) is 6.70. The van der Waals surface area contributed by atoms with E-state index in [0.29, 0.717) is 35.5 Å². The number of amidine groups is 1. The van der Waals surface area contributed by atoms with Crippen molar-refractivity contribution in [2.45, 2.75) is 52.0 Å². The number of nitrogens with zero attached hydrogens (tertiary/aromatic N) is 2. The van der Waals surface area contributed by atoms with Crippen molar-refractivity contribution in [3.05, 3.63) is 46.3 Å². The first kappa shape index (κ1) is 29.4. The van der Waals surface area contributed by atoms with E-state index in [2.05, 4.69) is 0 Å². The Morgan fingerprint density at radius 2 is 1.74 bits per heavy atom. The molecule has 2 aromatic rings. The molecule has 0 saturated carbocycles. The highest BCUT2D eigenvalue weighted by Crippen LogP contribution is 2.42. The van der Waals surface area contributed by atoms with Crippen LogP contribution in [0.5, 0.6) is 17.2 Å². The van der Waals surface area contributed by atoms with E-state index in [-0.39, 0.29) is 70.1 Å². The molecule has 0 aromatic heterocycles. The topological polar surface area (TPSA) is 92.2 Å². The summed E-state index contributed by atoms with van der Waals surface area (Å²) in [5, 5.41) is 8.58. The van der Waals surface area contributed by atoms with E-state index in [1.165, 1.54) is 19.1 Å². The number of carbonyl (C=O) groups excluding carboxylic acids is 2. The van der Waals surface area contributed by atoms with Crippen molar-refractivity contribution >= 4 is 40.2 Å². The largest absolute Gasteiger partial charge is 0.494 e. The lowest BCUT2D eigenvalue weighted by Crippen LogP contribution is -2.36. The van der Waals surface area contributed by atoms with Crippen LogP contribution in [0.3, 0.4) is 0 Å². The number of ether oxygens (including phenoxy) is 3. The molecule has 1 amide bonds. The molecule has 0 aliphatic carbocycles. The number of Topliss-reactive ketones (excluding diaryl/α,β-unsaturated/α-hetero) is 1. The number of methoxy groups -OCH3 is 3. The third-order valence-corrected chi connectivity index (χ3v) is 6.96. The predicted molar refractivity (Wildman–Crippen MR) is 149 cm³/mol. The van der Waals surface area contributed by atoms with Gasteiger partial charge in [0, 0.05) is 30.6 Å². The van der Waals surface area contributed by atoms with Crippen molar-refractivity contribution in [3.63, 3.8) is 0 Å². The fraction of sp³-hybridized carbons (Fsp3) is 0.464. The molecule has 0 unspecified atom stereocenters. The number of halogens is 2. The van der Waals surface area contributed by atoms with Crippen molar-refractivity contribution in [3.8, 4) is 17.2 Å². The molecule has 8 nitrogen and oxygen atoms in total. The second-order valence-electron chi connectivity index (χ2n) is 10.4. The predicted octanol–water partition coefficient (Wildman–Crippen LogP) is 5.27. The highest BCUT2D eigenvalue weighted by molar-refractivity contribution is 8.93. The van der Waals surface area contributed by atoms with Gasteiger partial charge in [0.15, 0.2) is 23.1 Å². The van der Waals surface area contributed by atoms with Gasteiger partial charge in [-0.25, -0.2) is 4.39 Å². The first-order valence-electron chi connectivity index (χ1n) is 12.3. The van der Waals surface area contributed by atoms with Gasteiger partial charge in [-0.15, -0.1) is 17.0 Å². The Morgan fingerprint density at radius 1 is 1.05 bits per heavy atom. The molecule has 2 aliphatic rings. The Balaban J connectivity index is 0.00000400. The van der Waals surface area contributed by atoms with E-state index in [1.807, 2.05) is 20.8 Å². The van der Waals surface area contributed by atoms with E-state index in [0.717, 1.165) is 18.4 Å². The first-order chi connectivity index (χ1) is 17.5. The number of anilines is 1. The zero-order chi connectivity index (χ0) is 27.1. The molecular weight excluding hydrogens is 557 g/mol. The maximum absolute atomic E-state index is 15.2. The van der Waals surface area contributed by atoms with Crippen LogP contribution in [0.1, 0.15) is 67.1 Å². The molecule has 0 spiro atoms. The molecular formula is C28H35BrFN3O5. The van der Waals surface area contributed by atoms with Gasteiger partial charge >= 0.3 is 0 Å². The van der Waals surface area contributed by atoms with Crippen LogP contribution in [-0.2, 0) is 16.8 Å². The summed E-state index contributed by atoms with van der Waals surface area (Å²) in [5.41, 5.74) is 2.12. The molecule has 38 heavy (non-hydrogen) atoms. The molecule has 0 radical (unpaired) electrons. The van der Waals surface area contributed by atoms with Crippen LogP contribution in [0.2, 0.25) is 0 Å². The Kier molecular flexibility index (Phi) is 8.75. The maximum Gasteiger partial charge on any atom is 0.227 e. The molecule has 1 fully saturated rings. The van der Waals surface area contributed by atoms with Gasteiger partial charge in [-0.2, -0.15) is 0 Å². The van der Waals surface area contributed by atoms with Gasteiger partial charge in [0.25, 0.3) is 0 Å². The fourth-order valence-electron chi connectivity index (χ4n) is 5.03. The van der Waals surface area contributed by atoms with E-state index >= 15 is 4.39 Å². The summed E-state index contributed by atoms with van der Waals surface area (Å²) in [6.07, 6.45) is 2.17. The lowest BCUT2D eigenvalue weighted by Gasteiger charge is -2.32. The third-order valence-electron chi connectivity index (χ3n) is 6.96. The number of piperidine rings is 1. The normalized spacial score (nSPS) is 15.2. The van der Waals surface area contributed by atoms with E-state index < -0.39 is 5.82 Å². The van der Waals surface area contributed by atoms with Gasteiger partial charge in [0.1, 0.15) is 11.6 Å². The van der Waals surface area contributed by atoms with Crippen molar-refractivity contribution in [2.24, 2.45) is 0 Å². The van der Waals surface area contributed by atoms with Gasteiger partial charge in [-0.1, -0.05) is 20.8 Å². The summed E-state index contributed by atoms with van der Waals surface area (Å²) in [7, 11) is 4.34. The van der Waals surface area contributed by atoms with Crippen molar-refractivity contribution in [1.29, 1.82) is 5.41 Å². The summed E-state index contributed by atoms with van der Waals surface area (Å²) < 4.78 is 31.3. The number of fused-ring (bicyclic) bond motifs is 1. The summed E-state index contributed by atoms with van der Waals surface area (Å²) in [6, 6.07) is 5.15. The number of benzene rings is 2. The summed E-state index contributed by atoms with van der Waals surface area (Å²) in [5.74, 6) is -0.248. The second-order valence-corrected chi connectivity index (χ2v) is 10.4. The monoisotopic (exact) mass is 591 g/mol. The quantitative estimate of drug-likeness (QED) is 0.441. The van der Waals surface area contributed by atoms with Crippen LogP contribution < -0.4 is 19.1 Å². The lowest BCUT2D eigenvalue weighted by molar-refractivity contribution is -0.119. The Morgan fingerprint density at radius 3 is 2.32 bits per heavy atom. The second kappa shape index (κ2) is 11.3. The minimum atomic E-state index is -0.679. The number of nitrogens with one attached hydrogen (secondary N) is 1. The Labute approximate surface area is 233 Å². The molecule has 1 N–H and O–H groups in total. The van der Waals surface area contributed by atoms with E-state index in [4.69, 9.17) is 19.6 Å². The molecule has 4 rings (SSSR count). The van der Waals surface area contributed by atoms with Crippen molar-refractivity contribution in [2.75, 3.05) is 39.3 Å². The van der Waals surface area contributed by atoms with Crippen LogP contribution >= 0.6 is 17.0 Å². The summed E-state index contributed by atoms with van der Waals surface area (Å²) >= 11 is 0. The average Bonchev–Trinajstić information content (AvgIpc) is 3.17. The highest BCUT2D eigenvalue weighted by atomic mass is 79.9. The maximum atomic E-state index is 15.2. The number of hydrogen-bond acceptors (Lipinski definition) is 6. The molecule has 2 aliphatic heterocycles. The SMILES string of the molecule is Br.COc1cc2c(c(F)c1OC)C(=N)N(CC(=O)c1cc(N3CCCCC3=O)c(OC)c(C(C)(C)C)c1)C2. The zero-order valence-corrected chi connectivity index (χ0v) is 24.4. The van der Waals surface area contributed by atoms with Crippen LogP contribution in [0.4, 0.5) is 10.1 Å². The lowest BCUT2D eigenvalue weighted by atomic mass is 9.84. The minimum Gasteiger partial charge on any atom is -0.494 e. The Hall–Kier alpha value is -3.14. The van der Waals surface area contributed by atoms with E-state index in [1.54, 1.807) is 30.2 Å². The van der Waals surface area contributed by atoms with Gasteiger partial charge in [-0.3, -0.25) is 15.0 Å². The number of hydrogen-bond donors (Lipinski definition) is 1. The highest BCUT2D eigenvalue weighted by Gasteiger charge is 2.34. The van der Waals surface area contributed by atoms with E-state index in [9.17, 15) is 9.59 Å². The van der Waals surface area contributed by atoms with Crippen LogP contribution in [0.25, 0.3) is 0 Å². The zero-order valence-electron chi connectivity index (χ0n) is 22.7. The number of amides is 1. The smallest absolute Gasteiger partial charge is 0.227 e. The molecule has 10 heteroatoms. The third kappa shape index (κ3) is 5.23. The summed E-state index contributed by atoms with van der Waals surface area (Å²) in [4.78, 5) is 29.6. The number of ketones is 1. The minimum absolute atomic E-state index is 0. The average molecular weight is 593 g/mol. The number of carbonyl (C=O) groups is 2. The molecule has 1 saturated heterocycles. The van der Waals surface area contributed by atoms with Crippen LogP contribution in [0, 0.1) is 11.2 Å². The van der Waals surface area contributed by atoms with Crippen molar-refractivity contribution in [1.82, 2.24) is 4.90 Å². The molecule has 2 heterocycles.